The third-order valence-corrected chi connectivity index (χ3v) is 4.02. The van der Waals surface area contributed by atoms with E-state index in [0.29, 0.717) is 12.1 Å². The number of aliphatic carboxylic acids is 1. The Bertz CT molecular complexity index is 677. The Hall–Kier alpha value is -2.30. The van der Waals surface area contributed by atoms with Crippen molar-refractivity contribution in [2.75, 3.05) is 13.1 Å². The van der Waals surface area contributed by atoms with E-state index in [1.807, 2.05) is 31.3 Å². The molecule has 0 radical (unpaired) electrons. The van der Waals surface area contributed by atoms with Crippen LogP contribution in [0.15, 0.2) is 30.5 Å². The van der Waals surface area contributed by atoms with Crippen LogP contribution in [0.5, 0.6) is 0 Å². The lowest BCUT2D eigenvalue weighted by Crippen LogP contribution is -2.29. The second kappa shape index (κ2) is 4.67. The summed E-state index contributed by atoms with van der Waals surface area (Å²) in [7, 11) is 0. The highest BCUT2D eigenvalue weighted by Crippen LogP contribution is 2.25. The summed E-state index contributed by atoms with van der Waals surface area (Å²) in [6.45, 7) is 2.66. The number of hydrogen-bond donors (Lipinski definition) is 2. The van der Waals surface area contributed by atoms with E-state index in [1.54, 1.807) is 11.0 Å². The molecule has 104 valence electrons. The van der Waals surface area contributed by atoms with Gasteiger partial charge in [-0.3, -0.25) is 9.59 Å². The molecule has 0 saturated carbocycles. The predicted molar refractivity (Wildman–Crippen MR) is 74.5 cm³/mol. The summed E-state index contributed by atoms with van der Waals surface area (Å²) in [5, 5.41) is 10.2. The maximum Gasteiger partial charge on any atom is 0.308 e. The number of rotatable bonds is 2. The number of likely N-dealkylation sites (tertiary alicyclic amines) is 1. The predicted octanol–water partition coefficient (Wildman–Crippen LogP) is 1.96. The Labute approximate surface area is 116 Å². The number of benzene rings is 1. The van der Waals surface area contributed by atoms with Crippen LogP contribution in [0.3, 0.4) is 0 Å². The number of amides is 1. The van der Waals surface area contributed by atoms with Gasteiger partial charge in [0.25, 0.3) is 5.91 Å². The summed E-state index contributed by atoms with van der Waals surface area (Å²) >= 11 is 0. The van der Waals surface area contributed by atoms with Crippen LogP contribution in [0.25, 0.3) is 10.9 Å². The second-order valence-electron chi connectivity index (χ2n) is 5.41. The molecule has 3 rings (SSSR count). The second-order valence-corrected chi connectivity index (χ2v) is 5.41. The van der Waals surface area contributed by atoms with Crippen molar-refractivity contribution < 1.29 is 14.7 Å². The number of nitrogens with one attached hydrogen (secondary N) is 1. The van der Waals surface area contributed by atoms with Gasteiger partial charge in [-0.2, -0.15) is 0 Å². The van der Waals surface area contributed by atoms with Crippen LogP contribution in [-0.4, -0.2) is 40.0 Å². The van der Waals surface area contributed by atoms with Gasteiger partial charge in [0.05, 0.1) is 5.92 Å². The fourth-order valence-corrected chi connectivity index (χ4v) is 2.82. The lowest BCUT2D eigenvalue weighted by molar-refractivity contribution is -0.142. The molecule has 2 aromatic rings. The minimum Gasteiger partial charge on any atom is -0.481 e. The van der Waals surface area contributed by atoms with Crippen molar-refractivity contribution >= 4 is 22.8 Å². The summed E-state index contributed by atoms with van der Waals surface area (Å²) in [5.74, 6) is -1.40. The molecule has 0 aliphatic carbocycles. The Morgan fingerprint density at radius 2 is 2.10 bits per heavy atom. The maximum atomic E-state index is 12.4. The summed E-state index contributed by atoms with van der Waals surface area (Å²) in [5.41, 5.74) is 1.51. The average Bonchev–Trinajstić information content (AvgIpc) is 3.02. The molecule has 2 atom stereocenters. The molecule has 5 heteroatoms. The van der Waals surface area contributed by atoms with E-state index < -0.39 is 11.9 Å². The monoisotopic (exact) mass is 272 g/mol. The molecule has 2 N–H and O–H groups in total. The fourth-order valence-electron chi connectivity index (χ4n) is 2.82. The first-order valence-electron chi connectivity index (χ1n) is 6.65. The van der Waals surface area contributed by atoms with Crippen LogP contribution >= 0.6 is 0 Å². The molecule has 1 aromatic heterocycles. The van der Waals surface area contributed by atoms with Gasteiger partial charge in [0.15, 0.2) is 0 Å². The minimum absolute atomic E-state index is 0.00864. The number of fused-ring (bicyclic) bond motifs is 1. The zero-order valence-corrected chi connectivity index (χ0v) is 11.2. The van der Waals surface area contributed by atoms with Gasteiger partial charge < -0.3 is 15.0 Å². The van der Waals surface area contributed by atoms with E-state index in [0.717, 1.165) is 10.9 Å². The van der Waals surface area contributed by atoms with Gasteiger partial charge in [0, 0.05) is 30.4 Å². The molecule has 1 aliphatic heterocycles. The number of aromatic nitrogens is 1. The van der Waals surface area contributed by atoms with E-state index >= 15 is 0 Å². The Morgan fingerprint density at radius 3 is 2.80 bits per heavy atom. The summed E-state index contributed by atoms with van der Waals surface area (Å²) < 4.78 is 0. The molecule has 1 fully saturated rings. The minimum atomic E-state index is -0.826. The van der Waals surface area contributed by atoms with Crippen LogP contribution in [0, 0.1) is 11.8 Å². The van der Waals surface area contributed by atoms with E-state index in [2.05, 4.69) is 4.98 Å². The first kappa shape index (κ1) is 12.7. The van der Waals surface area contributed by atoms with E-state index in [-0.39, 0.29) is 18.4 Å². The lowest BCUT2D eigenvalue weighted by Gasteiger charge is -2.16. The number of carboxylic acid groups (broad SMARTS) is 1. The van der Waals surface area contributed by atoms with Gasteiger partial charge in [-0.1, -0.05) is 13.0 Å². The van der Waals surface area contributed by atoms with Gasteiger partial charge in [-0.05, 0) is 29.5 Å². The molecule has 5 nitrogen and oxygen atoms in total. The van der Waals surface area contributed by atoms with Crippen molar-refractivity contribution in [1.29, 1.82) is 0 Å². The van der Waals surface area contributed by atoms with Gasteiger partial charge in [0.2, 0.25) is 0 Å². The molecule has 2 heterocycles. The molecule has 1 saturated heterocycles. The highest BCUT2D eigenvalue weighted by Gasteiger charge is 2.37. The normalized spacial score (nSPS) is 22.4. The van der Waals surface area contributed by atoms with Crippen LogP contribution in [-0.2, 0) is 4.79 Å². The molecule has 0 unspecified atom stereocenters. The lowest BCUT2D eigenvalue weighted by atomic mass is 9.99. The molecular weight excluding hydrogens is 256 g/mol. The first-order valence-corrected chi connectivity index (χ1v) is 6.65. The molecule has 0 bridgehead atoms. The number of hydrogen-bond acceptors (Lipinski definition) is 2. The van der Waals surface area contributed by atoms with E-state index in [1.165, 1.54) is 0 Å². The van der Waals surface area contributed by atoms with Gasteiger partial charge in [0.1, 0.15) is 0 Å². The standard InChI is InChI=1S/C15H16N2O3/c1-9-7-17(8-12(9)15(19)20)14(18)11-3-2-10-4-5-16-13(10)6-11/h2-6,9,12,16H,7-8H2,1H3,(H,19,20)/t9-,12-/m1/s1. The summed E-state index contributed by atoms with van der Waals surface area (Å²) in [6, 6.07) is 7.45. The summed E-state index contributed by atoms with van der Waals surface area (Å²) in [6.07, 6.45) is 1.83. The van der Waals surface area contributed by atoms with Gasteiger partial charge >= 0.3 is 5.97 Å². The molecule has 20 heavy (non-hydrogen) atoms. The number of carbonyl (C=O) groups is 2. The Morgan fingerprint density at radius 1 is 1.30 bits per heavy atom. The number of carboxylic acids is 1. The van der Waals surface area contributed by atoms with Crippen LogP contribution in [0.4, 0.5) is 0 Å². The van der Waals surface area contributed by atoms with Gasteiger partial charge in [-0.25, -0.2) is 0 Å². The largest absolute Gasteiger partial charge is 0.481 e. The highest BCUT2D eigenvalue weighted by molar-refractivity contribution is 5.98. The third-order valence-electron chi connectivity index (χ3n) is 4.02. The third kappa shape index (κ3) is 2.05. The van der Waals surface area contributed by atoms with E-state index in [4.69, 9.17) is 5.11 Å². The van der Waals surface area contributed by atoms with Crippen molar-refractivity contribution in [2.24, 2.45) is 11.8 Å². The zero-order chi connectivity index (χ0) is 14.3. The van der Waals surface area contributed by atoms with Crippen LogP contribution in [0.2, 0.25) is 0 Å². The highest BCUT2D eigenvalue weighted by atomic mass is 16.4. The molecular formula is C15H16N2O3. The Kier molecular flexibility index (Phi) is 2.97. The van der Waals surface area contributed by atoms with Crippen molar-refractivity contribution in [3.05, 3.63) is 36.0 Å². The van der Waals surface area contributed by atoms with Gasteiger partial charge in [-0.15, -0.1) is 0 Å². The number of carbonyl (C=O) groups excluding carboxylic acids is 1. The SMILES string of the molecule is C[C@@H]1CN(C(=O)c2ccc3cc[nH]c3c2)C[C@H]1C(=O)O. The van der Waals surface area contributed by atoms with E-state index in [9.17, 15) is 9.59 Å². The number of nitrogens with zero attached hydrogens (tertiary/aromatic N) is 1. The zero-order valence-electron chi connectivity index (χ0n) is 11.2. The quantitative estimate of drug-likeness (QED) is 0.877. The van der Waals surface area contributed by atoms with Crippen molar-refractivity contribution in [1.82, 2.24) is 9.88 Å². The maximum absolute atomic E-state index is 12.4. The topological polar surface area (TPSA) is 73.4 Å². The molecule has 1 aliphatic rings. The Balaban J connectivity index is 1.84. The number of aromatic amines is 1. The molecule has 0 spiro atoms. The van der Waals surface area contributed by atoms with Crippen molar-refractivity contribution in [3.63, 3.8) is 0 Å². The van der Waals surface area contributed by atoms with Crippen molar-refractivity contribution in [2.45, 2.75) is 6.92 Å². The smallest absolute Gasteiger partial charge is 0.308 e. The van der Waals surface area contributed by atoms with Crippen LogP contribution in [0.1, 0.15) is 17.3 Å². The van der Waals surface area contributed by atoms with Crippen molar-refractivity contribution in [3.8, 4) is 0 Å². The fraction of sp³-hybridized carbons (Fsp3) is 0.333. The number of H-pyrrole nitrogens is 1. The molecule has 1 aromatic carbocycles. The first-order chi connectivity index (χ1) is 9.56. The summed E-state index contributed by atoms with van der Waals surface area (Å²) in [4.78, 5) is 28.3. The van der Waals surface area contributed by atoms with Crippen LogP contribution < -0.4 is 0 Å². The average molecular weight is 272 g/mol. The molecule has 1 amide bonds.